The largest absolute Gasteiger partial charge is 0.398 e. The molecule has 0 aromatic heterocycles. The van der Waals surface area contributed by atoms with Crippen LogP contribution in [0.5, 0.6) is 0 Å². The molecule has 2 heteroatoms. The highest BCUT2D eigenvalue weighted by Gasteiger charge is 1.80. The van der Waals surface area contributed by atoms with Crippen molar-refractivity contribution in [2.24, 2.45) is 5.73 Å². The van der Waals surface area contributed by atoms with Crippen LogP contribution in [0.15, 0.2) is 34.1 Å². The van der Waals surface area contributed by atoms with E-state index in [9.17, 15) is 0 Å². The Labute approximate surface area is 69.5 Å². The van der Waals surface area contributed by atoms with Crippen molar-refractivity contribution in [3.8, 4) is 0 Å². The van der Waals surface area contributed by atoms with Gasteiger partial charge in [-0.2, -0.15) is 0 Å². The molecule has 1 nitrogen and oxygen atoms in total. The third kappa shape index (κ3) is 4.27. The molecule has 2 N–H and O–H groups in total. The predicted octanol–water partition coefficient (Wildman–Crippen LogP) is 2.35. The lowest BCUT2D eigenvalue weighted by Crippen LogP contribution is -1.90. The molecule has 0 heterocycles. The van der Waals surface area contributed by atoms with Crippen LogP contribution in [-0.2, 0) is 0 Å². The van der Waals surface area contributed by atoms with Gasteiger partial charge in [0.15, 0.2) is 0 Å². The molecule has 0 rings (SSSR count). The quantitative estimate of drug-likeness (QED) is 0.577. The smallest absolute Gasteiger partial charge is 0.0378 e. The number of rotatable bonds is 2. The van der Waals surface area contributed by atoms with Gasteiger partial charge in [-0.25, -0.2) is 0 Å². The predicted molar refractivity (Wildman–Crippen MR) is 50.2 cm³/mol. The van der Waals surface area contributed by atoms with Gasteiger partial charge in [0.05, 0.1) is 0 Å². The molecular weight excluding hydrogens is 225 g/mol. The summed E-state index contributed by atoms with van der Waals surface area (Å²) in [5.74, 6) is 0. The van der Waals surface area contributed by atoms with Crippen LogP contribution in [0.1, 0.15) is 6.92 Å². The first-order chi connectivity index (χ1) is 4.20. The molecule has 0 saturated carbocycles. The van der Waals surface area contributed by atoms with E-state index in [2.05, 4.69) is 29.2 Å². The molecule has 0 aliphatic heterocycles. The van der Waals surface area contributed by atoms with Gasteiger partial charge in [-0.3, -0.25) is 0 Å². The summed E-state index contributed by atoms with van der Waals surface area (Å²) in [6.45, 7) is 5.55. The number of hydrogen-bond donors (Lipinski definition) is 1. The number of halogens is 1. The van der Waals surface area contributed by atoms with Crippen LogP contribution in [0.3, 0.4) is 0 Å². The molecule has 0 radical (unpaired) electrons. The number of hydrogen-bond acceptors (Lipinski definition) is 1. The lowest BCUT2D eigenvalue weighted by atomic mass is 10.2. The van der Waals surface area contributed by atoms with Crippen molar-refractivity contribution < 1.29 is 0 Å². The average Bonchev–Trinajstić information content (AvgIpc) is 1.87. The van der Waals surface area contributed by atoms with Gasteiger partial charge >= 0.3 is 0 Å². The molecular formula is C7H10IN. The van der Waals surface area contributed by atoms with Gasteiger partial charge in [-0.05, 0) is 22.7 Å². The van der Waals surface area contributed by atoms with E-state index in [1.165, 1.54) is 0 Å². The minimum Gasteiger partial charge on any atom is -0.398 e. The third-order valence-electron chi connectivity index (χ3n) is 0.842. The SMILES string of the molecule is C=C/C(C)=C\C(N)=C/I. The molecule has 0 aromatic carbocycles. The molecule has 0 aliphatic rings. The summed E-state index contributed by atoms with van der Waals surface area (Å²) in [4.78, 5) is 0. The van der Waals surface area contributed by atoms with E-state index in [1.807, 2.05) is 17.1 Å². The van der Waals surface area contributed by atoms with Crippen LogP contribution in [0, 0.1) is 0 Å². The Morgan fingerprint density at radius 3 is 2.56 bits per heavy atom. The number of nitrogens with two attached hydrogens (primary N) is 1. The summed E-state index contributed by atoms with van der Waals surface area (Å²) in [5.41, 5.74) is 7.33. The Hall–Kier alpha value is -0.250. The maximum Gasteiger partial charge on any atom is 0.0378 e. The minimum absolute atomic E-state index is 0.771. The van der Waals surface area contributed by atoms with E-state index >= 15 is 0 Å². The molecule has 0 saturated heterocycles. The lowest BCUT2D eigenvalue weighted by molar-refractivity contribution is 1.40. The number of allylic oxidation sites excluding steroid dienone is 3. The molecule has 0 fully saturated rings. The topological polar surface area (TPSA) is 26.0 Å². The zero-order chi connectivity index (χ0) is 7.28. The van der Waals surface area contributed by atoms with Gasteiger partial charge in [-0.1, -0.05) is 35.2 Å². The van der Waals surface area contributed by atoms with Crippen molar-refractivity contribution in [1.29, 1.82) is 0 Å². The van der Waals surface area contributed by atoms with Crippen molar-refractivity contribution in [3.05, 3.63) is 34.1 Å². The Bertz CT molecular complexity index is 156. The Kier molecular flexibility index (Phi) is 4.48. The molecule has 0 aliphatic carbocycles. The monoisotopic (exact) mass is 235 g/mol. The summed E-state index contributed by atoms with van der Waals surface area (Å²) in [6, 6.07) is 0. The Balaban J connectivity index is 4.11. The molecule has 0 spiro atoms. The minimum atomic E-state index is 0.771. The van der Waals surface area contributed by atoms with Crippen LogP contribution >= 0.6 is 22.6 Å². The molecule has 0 unspecified atom stereocenters. The first-order valence-electron chi connectivity index (χ1n) is 2.57. The van der Waals surface area contributed by atoms with Gasteiger partial charge in [0, 0.05) is 5.70 Å². The molecule has 9 heavy (non-hydrogen) atoms. The summed E-state index contributed by atoms with van der Waals surface area (Å²) in [7, 11) is 0. The van der Waals surface area contributed by atoms with Crippen molar-refractivity contribution in [2.45, 2.75) is 6.92 Å². The molecule has 50 valence electrons. The van der Waals surface area contributed by atoms with Crippen molar-refractivity contribution >= 4 is 22.6 Å². The third-order valence-corrected chi connectivity index (χ3v) is 1.56. The van der Waals surface area contributed by atoms with E-state index in [0.717, 1.165) is 11.3 Å². The van der Waals surface area contributed by atoms with E-state index in [1.54, 1.807) is 6.08 Å². The van der Waals surface area contributed by atoms with E-state index < -0.39 is 0 Å². The maximum atomic E-state index is 5.48. The van der Waals surface area contributed by atoms with Crippen LogP contribution in [-0.4, -0.2) is 0 Å². The standard InChI is InChI=1S/C7H10IN/c1-3-6(2)4-7(9)5-8/h3-5H,1,9H2,2H3/b6-4-,7-5+. The van der Waals surface area contributed by atoms with Gasteiger partial charge in [0.2, 0.25) is 0 Å². The lowest BCUT2D eigenvalue weighted by Gasteiger charge is -1.90. The normalized spacial score (nSPS) is 13.6. The van der Waals surface area contributed by atoms with E-state index in [0.29, 0.717) is 0 Å². The van der Waals surface area contributed by atoms with Crippen LogP contribution in [0.25, 0.3) is 0 Å². The summed E-state index contributed by atoms with van der Waals surface area (Å²) in [5, 5.41) is 0. The Morgan fingerprint density at radius 2 is 2.22 bits per heavy atom. The van der Waals surface area contributed by atoms with Gasteiger partial charge < -0.3 is 5.73 Å². The van der Waals surface area contributed by atoms with Gasteiger partial charge in [0.25, 0.3) is 0 Å². The van der Waals surface area contributed by atoms with Crippen LogP contribution in [0.2, 0.25) is 0 Å². The molecule has 0 atom stereocenters. The second-order valence-corrected chi connectivity index (χ2v) is 2.32. The second-order valence-electron chi connectivity index (χ2n) is 1.70. The molecule has 0 aromatic rings. The zero-order valence-corrected chi connectivity index (χ0v) is 7.55. The fourth-order valence-electron chi connectivity index (χ4n) is 0.353. The fraction of sp³-hybridized carbons (Fsp3) is 0.143. The van der Waals surface area contributed by atoms with Gasteiger partial charge in [0.1, 0.15) is 0 Å². The van der Waals surface area contributed by atoms with Gasteiger partial charge in [-0.15, -0.1) is 0 Å². The van der Waals surface area contributed by atoms with Crippen molar-refractivity contribution in [3.63, 3.8) is 0 Å². The summed E-state index contributed by atoms with van der Waals surface area (Å²) in [6.07, 6.45) is 3.65. The second kappa shape index (κ2) is 4.61. The van der Waals surface area contributed by atoms with Crippen LogP contribution in [0.4, 0.5) is 0 Å². The zero-order valence-electron chi connectivity index (χ0n) is 5.39. The fourth-order valence-corrected chi connectivity index (χ4v) is 0.533. The van der Waals surface area contributed by atoms with E-state index in [4.69, 9.17) is 5.73 Å². The highest BCUT2D eigenvalue weighted by molar-refractivity contribution is 14.1. The first-order valence-corrected chi connectivity index (χ1v) is 3.82. The summed E-state index contributed by atoms with van der Waals surface area (Å²) >= 11 is 2.10. The Morgan fingerprint density at radius 1 is 1.67 bits per heavy atom. The van der Waals surface area contributed by atoms with Crippen LogP contribution < -0.4 is 5.73 Å². The maximum absolute atomic E-state index is 5.48. The van der Waals surface area contributed by atoms with Crippen molar-refractivity contribution in [2.75, 3.05) is 0 Å². The first kappa shape index (κ1) is 8.75. The highest BCUT2D eigenvalue weighted by atomic mass is 127. The summed E-state index contributed by atoms with van der Waals surface area (Å²) < 4.78 is 1.82. The molecule has 0 amide bonds. The highest BCUT2D eigenvalue weighted by Crippen LogP contribution is 1.99. The average molecular weight is 235 g/mol. The molecule has 0 bridgehead atoms. The van der Waals surface area contributed by atoms with E-state index in [-0.39, 0.29) is 0 Å². The van der Waals surface area contributed by atoms with Crippen molar-refractivity contribution in [1.82, 2.24) is 0 Å².